The van der Waals surface area contributed by atoms with Crippen LogP contribution in [-0.4, -0.2) is 34.0 Å². The second-order valence-electron chi connectivity index (χ2n) is 8.27. The number of aryl methyl sites for hydroxylation is 1. The number of thiophene rings is 1. The fraction of sp³-hybridized carbons (Fsp3) is 0.391. The maximum Gasteiger partial charge on any atom is 0.261 e. The molecular weight excluding hydrogens is 412 g/mol. The van der Waals surface area contributed by atoms with Gasteiger partial charge in [-0.25, -0.2) is 0 Å². The van der Waals surface area contributed by atoms with Crippen molar-refractivity contribution in [2.45, 2.75) is 51.6 Å². The Kier molecular flexibility index (Phi) is 6.18. The van der Waals surface area contributed by atoms with Gasteiger partial charge in [-0.05, 0) is 50.6 Å². The van der Waals surface area contributed by atoms with Crippen LogP contribution in [0.2, 0.25) is 0 Å². The molecule has 3 atom stereocenters. The van der Waals surface area contributed by atoms with E-state index in [1.54, 1.807) is 0 Å². The van der Waals surface area contributed by atoms with Gasteiger partial charge in [0.2, 0.25) is 17.6 Å². The van der Waals surface area contributed by atoms with Crippen LogP contribution >= 0.6 is 11.3 Å². The molecule has 2 aromatic heterocycles. The quantitative estimate of drug-likeness (QED) is 0.608. The van der Waals surface area contributed by atoms with Crippen LogP contribution in [0.25, 0.3) is 11.4 Å². The van der Waals surface area contributed by atoms with Crippen molar-refractivity contribution in [3.05, 3.63) is 58.1 Å². The van der Waals surface area contributed by atoms with Crippen molar-refractivity contribution < 1.29 is 14.1 Å². The molecule has 0 aliphatic heterocycles. The van der Waals surface area contributed by atoms with E-state index in [4.69, 9.17) is 4.52 Å². The van der Waals surface area contributed by atoms with E-state index < -0.39 is 0 Å². The van der Waals surface area contributed by atoms with Gasteiger partial charge in [-0.2, -0.15) is 4.98 Å². The summed E-state index contributed by atoms with van der Waals surface area (Å²) < 4.78 is 5.60. The van der Waals surface area contributed by atoms with Gasteiger partial charge in [-0.3, -0.25) is 9.59 Å². The lowest BCUT2D eigenvalue weighted by Gasteiger charge is -2.17. The molecule has 162 valence electrons. The summed E-state index contributed by atoms with van der Waals surface area (Å²) in [6.45, 7) is 5.79. The van der Waals surface area contributed by atoms with E-state index in [-0.39, 0.29) is 35.7 Å². The molecule has 1 saturated carbocycles. The van der Waals surface area contributed by atoms with E-state index in [0.29, 0.717) is 29.4 Å². The molecule has 4 rings (SSSR count). The lowest BCUT2D eigenvalue weighted by Crippen LogP contribution is -2.38. The standard InChI is InChI=1S/C23H26N4O3S/c1-13(2)24-21(28)16-11-17(18(12-16)25-22(29)19-14(3)9-10-31-19)23-26-20(27-30-23)15-7-5-4-6-8-15/h4-10,13,16-18H,11-12H2,1-3H3,(H,24,28)(H,25,29)/t16-,17-,18+/m1/s1. The van der Waals surface area contributed by atoms with Crippen molar-refractivity contribution >= 4 is 23.2 Å². The molecule has 0 saturated heterocycles. The van der Waals surface area contributed by atoms with Crippen LogP contribution in [0.1, 0.15) is 53.7 Å². The topological polar surface area (TPSA) is 97.1 Å². The summed E-state index contributed by atoms with van der Waals surface area (Å²) in [5, 5.41) is 12.1. The van der Waals surface area contributed by atoms with Gasteiger partial charge in [0.25, 0.3) is 5.91 Å². The maximum absolute atomic E-state index is 12.9. The minimum atomic E-state index is -0.263. The van der Waals surface area contributed by atoms with Gasteiger partial charge in [0.05, 0.1) is 10.8 Å². The molecule has 2 heterocycles. The molecule has 2 N–H and O–H groups in total. The first-order valence-corrected chi connectivity index (χ1v) is 11.3. The summed E-state index contributed by atoms with van der Waals surface area (Å²) in [6.07, 6.45) is 1.08. The SMILES string of the molecule is Cc1ccsc1C(=O)N[C@H]1C[C@H](C(=O)NC(C)C)C[C@H]1c1nc(-c2ccccc2)no1. The van der Waals surface area contributed by atoms with Crippen LogP contribution in [0.3, 0.4) is 0 Å². The molecule has 1 aliphatic rings. The van der Waals surface area contributed by atoms with Crippen LogP contribution in [0.15, 0.2) is 46.3 Å². The van der Waals surface area contributed by atoms with Gasteiger partial charge in [0.15, 0.2) is 0 Å². The van der Waals surface area contributed by atoms with E-state index in [1.807, 2.05) is 62.5 Å². The molecule has 31 heavy (non-hydrogen) atoms. The average Bonchev–Trinajstić information content (AvgIpc) is 3.47. The van der Waals surface area contributed by atoms with Gasteiger partial charge < -0.3 is 15.2 Å². The number of amides is 2. The molecule has 3 aromatic rings. The molecule has 1 aliphatic carbocycles. The molecule has 0 spiro atoms. The fourth-order valence-electron chi connectivity index (χ4n) is 4.02. The molecule has 1 aromatic carbocycles. The van der Waals surface area contributed by atoms with E-state index in [2.05, 4.69) is 20.8 Å². The van der Waals surface area contributed by atoms with Crippen LogP contribution < -0.4 is 10.6 Å². The zero-order chi connectivity index (χ0) is 22.0. The van der Waals surface area contributed by atoms with E-state index in [0.717, 1.165) is 11.1 Å². The highest BCUT2D eigenvalue weighted by molar-refractivity contribution is 7.12. The zero-order valence-corrected chi connectivity index (χ0v) is 18.6. The van der Waals surface area contributed by atoms with Gasteiger partial charge in [0, 0.05) is 23.6 Å². The van der Waals surface area contributed by atoms with Crippen molar-refractivity contribution in [2.24, 2.45) is 5.92 Å². The van der Waals surface area contributed by atoms with Gasteiger partial charge in [-0.15, -0.1) is 11.3 Å². The van der Waals surface area contributed by atoms with Gasteiger partial charge in [-0.1, -0.05) is 35.5 Å². The highest BCUT2D eigenvalue weighted by atomic mass is 32.1. The smallest absolute Gasteiger partial charge is 0.261 e. The minimum Gasteiger partial charge on any atom is -0.354 e. The number of nitrogens with one attached hydrogen (secondary N) is 2. The number of carbonyl (C=O) groups excluding carboxylic acids is 2. The van der Waals surface area contributed by atoms with Gasteiger partial charge in [0.1, 0.15) is 0 Å². The predicted molar refractivity (Wildman–Crippen MR) is 119 cm³/mol. The molecule has 0 unspecified atom stereocenters. The molecule has 2 amide bonds. The Morgan fingerprint density at radius 3 is 2.61 bits per heavy atom. The Morgan fingerprint density at radius 2 is 1.94 bits per heavy atom. The molecule has 8 heteroatoms. The number of hydrogen-bond acceptors (Lipinski definition) is 6. The second-order valence-corrected chi connectivity index (χ2v) is 9.19. The van der Waals surface area contributed by atoms with E-state index in [1.165, 1.54) is 11.3 Å². The van der Waals surface area contributed by atoms with Crippen molar-refractivity contribution in [1.82, 2.24) is 20.8 Å². The summed E-state index contributed by atoms with van der Waals surface area (Å²) >= 11 is 1.41. The monoisotopic (exact) mass is 438 g/mol. The van der Waals surface area contributed by atoms with Crippen molar-refractivity contribution in [2.75, 3.05) is 0 Å². The predicted octanol–water partition coefficient (Wildman–Crippen LogP) is 3.92. The summed E-state index contributed by atoms with van der Waals surface area (Å²) in [7, 11) is 0. The molecule has 7 nitrogen and oxygen atoms in total. The number of hydrogen-bond donors (Lipinski definition) is 2. The summed E-state index contributed by atoms with van der Waals surface area (Å²) in [6, 6.07) is 11.3. The first kappa shape index (κ1) is 21.2. The van der Waals surface area contributed by atoms with Crippen LogP contribution in [-0.2, 0) is 4.79 Å². The van der Waals surface area contributed by atoms with Crippen molar-refractivity contribution in [3.8, 4) is 11.4 Å². The minimum absolute atomic E-state index is 0.00755. The summed E-state index contributed by atoms with van der Waals surface area (Å²) in [5.41, 5.74) is 1.80. The summed E-state index contributed by atoms with van der Waals surface area (Å²) in [5.74, 6) is 0.366. The maximum atomic E-state index is 12.9. The number of nitrogens with zero attached hydrogens (tertiary/aromatic N) is 2. The molecule has 0 bridgehead atoms. The highest BCUT2D eigenvalue weighted by Gasteiger charge is 2.42. The first-order chi connectivity index (χ1) is 14.9. The number of aromatic nitrogens is 2. The summed E-state index contributed by atoms with van der Waals surface area (Å²) in [4.78, 5) is 30.8. The average molecular weight is 439 g/mol. The molecule has 0 radical (unpaired) electrons. The molecular formula is C23H26N4O3S. The number of rotatable bonds is 6. The highest BCUT2D eigenvalue weighted by Crippen LogP contribution is 2.39. The number of carbonyl (C=O) groups is 2. The third kappa shape index (κ3) is 4.69. The van der Waals surface area contributed by atoms with E-state index in [9.17, 15) is 9.59 Å². The Bertz CT molecular complexity index is 1060. The Balaban J connectivity index is 1.58. The Morgan fingerprint density at radius 1 is 1.16 bits per heavy atom. The number of benzene rings is 1. The zero-order valence-electron chi connectivity index (χ0n) is 17.8. The lowest BCUT2D eigenvalue weighted by atomic mass is 10.0. The normalized spacial score (nSPS) is 20.7. The van der Waals surface area contributed by atoms with Gasteiger partial charge >= 0.3 is 0 Å². The van der Waals surface area contributed by atoms with Crippen LogP contribution in [0.4, 0.5) is 0 Å². The van der Waals surface area contributed by atoms with Crippen LogP contribution in [0.5, 0.6) is 0 Å². The first-order valence-electron chi connectivity index (χ1n) is 10.5. The fourth-order valence-corrected chi connectivity index (χ4v) is 4.84. The van der Waals surface area contributed by atoms with Crippen molar-refractivity contribution in [1.29, 1.82) is 0 Å². The van der Waals surface area contributed by atoms with Crippen LogP contribution in [0, 0.1) is 12.8 Å². The molecule has 1 fully saturated rings. The van der Waals surface area contributed by atoms with Crippen molar-refractivity contribution in [3.63, 3.8) is 0 Å². The Labute approximate surface area is 185 Å². The van der Waals surface area contributed by atoms with E-state index >= 15 is 0 Å². The Hall–Kier alpha value is -3.00. The lowest BCUT2D eigenvalue weighted by molar-refractivity contribution is -0.125. The third-order valence-corrected chi connectivity index (χ3v) is 6.56. The second kappa shape index (κ2) is 9.01. The largest absolute Gasteiger partial charge is 0.354 e. The third-order valence-electron chi connectivity index (χ3n) is 5.54.